The first-order valence-electron chi connectivity index (χ1n) is 6.44. The van der Waals surface area contributed by atoms with E-state index in [2.05, 4.69) is 10.3 Å². The molecular weight excluding hydrogens is 280 g/mol. The Kier molecular flexibility index (Phi) is 5.70. The van der Waals surface area contributed by atoms with Crippen molar-refractivity contribution >= 4 is 29.5 Å². The maximum absolute atomic E-state index is 11.9. The van der Waals surface area contributed by atoms with Gasteiger partial charge in [0.25, 0.3) is 0 Å². The van der Waals surface area contributed by atoms with Crippen LogP contribution < -0.4 is 5.32 Å². The maximum atomic E-state index is 11.9. The molecule has 2 unspecified atom stereocenters. The SMILES string of the molecule is CCC(C)C(C)(O)CNC(=O)Cc1sc(=S)[nH]c1C. The number of thiazole rings is 1. The zero-order valence-electron chi connectivity index (χ0n) is 11.9. The molecule has 2 atom stereocenters. The molecule has 0 spiro atoms. The fourth-order valence-corrected chi connectivity index (χ4v) is 3.00. The van der Waals surface area contributed by atoms with Gasteiger partial charge < -0.3 is 15.4 Å². The van der Waals surface area contributed by atoms with Gasteiger partial charge in [-0.2, -0.15) is 0 Å². The van der Waals surface area contributed by atoms with Crippen molar-refractivity contribution in [2.45, 2.75) is 46.1 Å². The van der Waals surface area contributed by atoms with Crippen molar-refractivity contribution in [1.82, 2.24) is 10.3 Å². The van der Waals surface area contributed by atoms with Gasteiger partial charge in [-0.15, -0.1) is 11.3 Å². The largest absolute Gasteiger partial charge is 0.388 e. The summed E-state index contributed by atoms with van der Waals surface area (Å²) in [6.07, 6.45) is 1.18. The van der Waals surface area contributed by atoms with Crippen LogP contribution in [0.15, 0.2) is 0 Å². The minimum absolute atomic E-state index is 0.0862. The molecule has 108 valence electrons. The molecule has 0 aliphatic heterocycles. The topological polar surface area (TPSA) is 65.1 Å². The normalized spacial score (nSPS) is 15.8. The summed E-state index contributed by atoms with van der Waals surface area (Å²) in [5.41, 5.74) is 0.0725. The first-order valence-corrected chi connectivity index (χ1v) is 7.66. The second-order valence-electron chi connectivity index (χ2n) is 5.18. The van der Waals surface area contributed by atoms with Crippen LogP contribution in [-0.2, 0) is 11.2 Å². The third-order valence-electron chi connectivity index (χ3n) is 3.56. The van der Waals surface area contributed by atoms with E-state index < -0.39 is 5.60 Å². The number of hydrogen-bond donors (Lipinski definition) is 3. The van der Waals surface area contributed by atoms with E-state index >= 15 is 0 Å². The average molecular weight is 302 g/mol. The summed E-state index contributed by atoms with van der Waals surface area (Å²) in [4.78, 5) is 15.8. The number of H-pyrrole nitrogens is 1. The van der Waals surface area contributed by atoms with E-state index in [1.807, 2.05) is 20.8 Å². The Bertz CT molecular complexity index is 491. The van der Waals surface area contributed by atoms with Gasteiger partial charge in [-0.05, 0) is 32.0 Å². The fraction of sp³-hybridized carbons (Fsp3) is 0.692. The van der Waals surface area contributed by atoms with Crippen LogP contribution in [-0.4, -0.2) is 28.1 Å². The predicted octanol–water partition coefficient (Wildman–Crippen LogP) is 2.57. The lowest BCUT2D eigenvalue weighted by atomic mass is 9.88. The zero-order chi connectivity index (χ0) is 14.6. The Morgan fingerprint density at radius 2 is 2.26 bits per heavy atom. The third kappa shape index (κ3) is 4.71. The lowest BCUT2D eigenvalue weighted by Crippen LogP contribution is -2.45. The number of aliphatic hydroxyl groups is 1. The minimum Gasteiger partial charge on any atom is -0.388 e. The number of aromatic amines is 1. The molecule has 0 saturated carbocycles. The number of amides is 1. The first kappa shape index (κ1) is 16.3. The number of aryl methyl sites for hydroxylation is 1. The monoisotopic (exact) mass is 302 g/mol. The quantitative estimate of drug-likeness (QED) is 0.708. The van der Waals surface area contributed by atoms with Crippen LogP contribution in [0.1, 0.15) is 37.8 Å². The zero-order valence-corrected chi connectivity index (χ0v) is 13.5. The van der Waals surface area contributed by atoms with E-state index in [9.17, 15) is 9.90 Å². The van der Waals surface area contributed by atoms with Gasteiger partial charge >= 0.3 is 0 Å². The molecule has 3 N–H and O–H groups in total. The first-order chi connectivity index (χ1) is 8.76. The smallest absolute Gasteiger partial charge is 0.225 e. The number of hydrogen-bond acceptors (Lipinski definition) is 4. The lowest BCUT2D eigenvalue weighted by Gasteiger charge is -2.29. The molecule has 0 bridgehead atoms. The summed E-state index contributed by atoms with van der Waals surface area (Å²) >= 11 is 6.46. The van der Waals surface area contributed by atoms with E-state index in [0.29, 0.717) is 10.4 Å². The van der Waals surface area contributed by atoms with Gasteiger partial charge in [-0.1, -0.05) is 20.3 Å². The van der Waals surface area contributed by atoms with Crippen molar-refractivity contribution in [2.24, 2.45) is 5.92 Å². The van der Waals surface area contributed by atoms with Crippen LogP contribution in [0, 0.1) is 16.8 Å². The molecule has 0 saturated heterocycles. The number of aromatic nitrogens is 1. The molecule has 1 aromatic rings. The molecule has 6 heteroatoms. The molecule has 4 nitrogen and oxygen atoms in total. The van der Waals surface area contributed by atoms with Gasteiger partial charge in [0.1, 0.15) is 0 Å². The van der Waals surface area contributed by atoms with Gasteiger partial charge in [0.05, 0.1) is 12.0 Å². The number of nitrogens with one attached hydrogen (secondary N) is 2. The Balaban J connectivity index is 2.53. The van der Waals surface area contributed by atoms with Gasteiger partial charge in [-0.25, -0.2) is 0 Å². The molecule has 1 aromatic heterocycles. The Hall–Kier alpha value is -0.720. The molecule has 0 aliphatic carbocycles. The second-order valence-corrected chi connectivity index (χ2v) is 6.95. The van der Waals surface area contributed by atoms with Gasteiger partial charge in [0.15, 0.2) is 3.95 Å². The van der Waals surface area contributed by atoms with Gasteiger partial charge in [0, 0.05) is 17.1 Å². The fourth-order valence-electron chi connectivity index (χ4n) is 1.71. The minimum atomic E-state index is -0.871. The van der Waals surface area contributed by atoms with E-state index in [0.717, 1.165) is 17.0 Å². The third-order valence-corrected chi connectivity index (χ3v) is 4.90. The highest BCUT2D eigenvalue weighted by Gasteiger charge is 2.27. The molecule has 1 amide bonds. The summed E-state index contributed by atoms with van der Waals surface area (Å²) in [5.74, 6) is 0.0563. The number of carbonyl (C=O) groups is 1. The van der Waals surface area contributed by atoms with Crippen molar-refractivity contribution in [1.29, 1.82) is 0 Å². The van der Waals surface area contributed by atoms with Crippen LogP contribution >= 0.6 is 23.6 Å². The molecular formula is C13H22N2O2S2. The van der Waals surface area contributed by atoms with Crippen LogP contribution in [0.5, 0.6) is 0 Å². The molecule has 1 rings (SSSR count). The van der Waals surface area contributed by atoms with Gasteiger partial charge in [0.2, 0.25) is 5.91 Å². The summed E-state index contributed by atoms with van der Waals surface area (Å²) in [6.45, 7) is 7.94. The van der Waals surface area contributed by atoms with Crippen LogP contribution in [0.4, 0.5) is 0 Å². The highest BCUT2D eigenvalue weighted by Crippen LogP contribution is 2.19. The van der Waals surface area contributed by atoms with Crippen molar-refractivity contribution in [3.05, 3.63) is 14.5 Å². The summed E-state index contributed by atoms with van der Waals surface area (Å²) in [5, 5.41) is 13.0. The van der Waals surface area contributed by atoms with E-state index in [-0.39, 0.29) is 18.4 Å². The van der Waals surface area contributed by atoms with Crippen molar-refractivity contribution in [3.63, 3.8) is 0 Å². The highest BCUT2D eigenvalue weighted by molar-refractivity contribution is 7.73. The molecule has 0 aliphatic rings. The molecule has 1 heterocycles. The Morgan fingerprint density at radius 1 is 1.63 bits per heavy atom. The van der Waals surface area contributed by atoms with Crippen molar-refractivity contribution in [2.75, 3.05) is 6.54 Å². The Labute approximate surface area is 123 Å². The molecule has 0 radical (unpaired) electrons. The maximum Gasteiger partial charge on any atom is 0.225 e. The Morgan fingerprint density at radius 3 is 2.74 bits per heavy atom. The number of carbonyl (C=O) groups excluding carboxylic acids is 1. The summed E-state index contributed by atoms with van der Waals surface area (Å²) in [6, 6.07) is 0. The van der Waals surface area contributed by atoms with Gasteiger partial charge in [-0.3, -0.25) is 4.79 Å². The second kappa shape index (κ2) is 6.63. The van der Waals surface area contributed by atoms with E-state index in [4.69, 9.17) is 12.2 Å². The molecule has 0 fully saturated rings. The average Bonchev–Trinajstić information content (AvgIpc) is 2.64. The van der Waals surface area contributed by atoms with Crippen LogP contribution in [0.2, 0.25) is 0 Å². The van der Waals surface area contributed by atoms with Crippen molar-refractivity contribution < 1.29 is 9.90 Å². The van der Waals surface area contributed by atoms with Crippen LogP contribution in [0.25, 0.3) is 0 Å². The standard InChI is InChI=1S/C13H22N2O2S2/c1-5-8(2)13(4,17)7-14-11(16)6-10-9(3)15-12(18)19-10/h8,17H,5-7H2,1-4H3,(H,14,16)(H,15,18). The lowest BCUT2D eigenvalue weighted by molar-refractivity contribution is -0.122. The summed E-state index contributed by atoms with van der Waals surface area (Å²) in [7, 11) is 0. The number of rotatable bonds is 6. The highest BCUT2D eigenvalue weighted by atomic mass is 32.1. The predicted molar refractivity (Wildman–Crippen MR) is 81.0 cm³/mol. The summed E-state index contributed by atoms with van der Waals surface area (Å²) < 4.78 is 0.687. The van der Waals surface area contributed by atoms with Crippen LogP contribution in [0.3, 0.4) is 0 Å². The van der Waals surface area contributed by atoms with E-state index in [1.54, 1.807) is 6.92 Å². The van der Waals surface area contributed by atoms with Crippen molar-refractivity contribution in [3.8, 4) is 0 Å². The molecule has 0 aromatic carbocycles. The molecule has 19 heavy (non-hydrogen) atoms. The van der Waals surface area contributed by atoms with E-state index in [1.165, 1.54) is 11.3 Å².